The Morgan fingerprint density at radius 3 is 2.23 bits per heavy atom. The van der Waals surface area contributed by atoms with E-state index in [0.717, 1.165) is 63.4 Å². The molecule has 0 saturated heterocycles. The highest BCUT2D eigenvalue weighted by atomic mass is 16.5. The van der Waals surface area contributed by atoms with Gasteiger partial charge in [0.15, 0.2) is 11.5 Å². The van der Waals surface area contributed by atoms with Crippen LogP contribution in [0.4, 0.5) is 0 Å². The van der Waals surface area contributed by atoms with E-state index in [0.29, 0.717) is 25.3 Å². The molecule has 0 radical (unpaired) electrons. The van der Waals surface area contributed by atoms with E-state index in [2.05, 4.69) is 64.0 Å². The first-order valence-electron chi connectivity index (χ1n) is 12.4. The second-order valence-electron chi connectivity index (χ2n) is 8.07. The number of allylic oxidation sites excluding steroid dienone is 8. The SMILES string of the molecule is COc1cc(CNC(=O)CCCC=CCC=CCC=CCC=CCCCCCN=[N+]=[N-])ccc1O. The Morgan fingerprint density at radius 2 is 1.60 bits per heavy atom. The topological polar surface area (TPSA) is 107 Å². The molecule has 0 fully saturated rings. The molecule has 0 bridgehead atoms. The lowest BCUT2D eigenvalue weighted by atomic mass is 10.1. The number of azide groups is 1. The molecule has 1 amide bonds. The molecule has 0 saturated carbocycles. The molecule has 1 aromatic carbocycles. The largest absolute Gasteiger partial charge is 0.504 e. The van der Waals surface area contributed by atoms with E-state index in [1.165, 1.54) is 7.11 Å². The van der Waals surface area contributed by atoms with Crippen LogP contribution in [0.3, 0.4) is 0 Å². The van der Waals surface area contributed by atoms with Crippen molar-refractivity contribution >= 4 is 5.91 Å². The molecule has 0 unspecified atom stereocenters. The number of rotatable bonds is 19. The van der Waals surface area contributed by atoms with E-state index in [4.69, 9.17) is 10.3 Å². The Labute approximate surface area is 209 Å². The van der Waals surface area contributed by atoms with Gasteiger partial charge in [-0.15, -0.1) is 0 Å². The van der Waals surface area contributed by atoms with Crippen LogP contribution in [0.15, 0.2) is 71.9 Å². The maximum atomic E-state index is 12.0. The van der Waals surface area contributed by atoms with Crippen LogP contribution in [-0.4, -0.2) is 24.7 Å². The summed E-state index contributed by atoms with van der Waals surface area (Å²) >= 11 is 0. The Morgan fingerprint density at radius 1 is 0.971 bits per heavy atom. The summed E-state index contributed by atoms with van der Waals surface area (Å²) in [6.45, 7) is 1.02. The second kappa shape index (κ2) is 21.1. The Kier molecular flexibility index (Phi) is 17.9. The highest BCUT2D eigenvalue weighted by Crippen LogP contribution is 2.26. The predicted octanol–water partition coefficient (Wildman–Crippen LogP) is 7.45. The third-order valence-electron chi connectivity index (χ3n) is 5.18. The molecule has 0 heterocycles. The Balaban J connectivity index is 1.99. The van der Waals surface area contributed by atoms with Gasteiger partial charge in [0.05, 0.1) is 7.11 Å². The fourth-order valence-corrected chi connectivity index (χ4v) is 3.22. The number of carbonyl (C=O) groups excluding carboxylic acids is 1. The average molecular weight is 481 g/mol. The predicted molar refractivity (Wildman–Crippen MR) is 143 cm³/mol. The van der Waals surface area contributed by atoms with Gasteiger partial charge in [-0.2, -0.15) is 0 Å². The average Bonchev–Trinajstić information content (AvgIpc) is 2.87. The minimum Gasteiger partial charge on any atom is -0.504 e. The maximum absolute atomic E-state index is 12.0. The van der Waals surface area contributed by atoms with E-state index in [1.807, 2.05) is 0 Å². The number of nitrogens with zero attached hydrogens (tertiary/aromatic N) is 3. The van der Waals surface area contributed by atoms with Gasteiger partial charge in [0.2, 0.25) is 5.91 Å². The molecular weight excluding hydrogens is 440 g/mol. The van der Waals surface area contributed by atoms with Gasteiger partial charge in [0, 0.05) is 24.4 Å². The molecule has 7 nitrogen and oxygen atoms in total. The van der Waals surface area contributed by atoms with E-state index < -0.39 is 0 Å². The second-order valence-corrected chi connectivity index (χ2v) is 8.07. The molecule has 0 spiro atoms. The van der Waals surface area contributed by atoms with Crippen LogP contribution in [0.5, 0.6) is 11.5 Å². The summed E-state index contributed by atoms with van der Waals surface area (Å²) in [6.07, 6.45) is 26.6. The number of ether oxygens (including phenoxy) is 1. The summed E-state index contributed by atoms with van der Waals surface area (Å²) in [7, 11) is 1.50. The minimum absolute atomic E-state index is 0.0224. The van der Waals surface area contributed by atoms with Crippen LogP contribution in [0, 0.1) is 0 Å². The molecule has 2 N–H and O–H groups in total. The van der Waals surface area contributed by atoms with Gasteiger partial charge >= 0.3 is 0 Å². The van der Waals surface area contributed by atoms with Gasteiger partial charge in [-0.05, 0) is 74.6 Å². The summed E-state index contributed by atoms with van der Waals surface area (Å²) in [6, 6.07) is 5.06. The number of phenolic OH excluding ortho intramolecular Hbond substituents is 1. The number of hydrogen-bond acceptors (Lipinski definition) is 4. The molecule has 0 aliphatic heterocycles. The van der Waals surface area contributed by atoms with Crippen molar-refractivity contribution in [1.82, 2.24) is 5.32 Å². The van der Waals surface area contributed by atoms with Crippen molar-refractivity contribution in [3.63, 3.8) is 0 Å². The molecule has 7 heteroatoms. The van der Waals surface area contributed by atoms with Crippen LogP contribution in [0.1, 0.15) is 69.8 Å². The monoisotopic (exact) mass is 480 g/mol. The van der Waals surface area contributed by atoms with Gasteiger partial charge in [-0.25, -0.2) is 0 Å². The minimum atomic E-state index is 0.0224. The quantitative estimate of drug-likeness (QED) is 0.0705. The molecule has 0 aliphatic rings. The van der Waals surface area contributed by atoms with Crippen molar-refractivity contribution in [3.05, 3.63) is 82.8 Å². The third-order valence-corrected chi connectivity index (χ3v) is 5.18. The van der Waals surface area contributed by atoms with Gasteiger partial charge < -0.3 is 15.2 Å². The van der Waals surface area contributed by atoms with Crippen LogP contribution < -0.4 is 10.1 Å². The molecular formula is C28H40N4O3. The highest BCUT2D eigenvalue weighted by Gasteiger charge is 2.04. The number of unbranched alkanes of at least 4 members (excludes halogenated alkanes) is 4. The van der Waals surface area contributed by atoms with Crippen LogP contribution in [-0.2, 0) is 11.3 Å². The fourth-order valence-electron chi connectivity index (χ4n) is 3.22. The molecule has 0 aliphatic carbocycles. The zero-order valence-corrected chi connectivity index (χ0v) is 20.9. The van der Waals surface area contributed by atoms with Gasteiger partial charge in [-0.3, -0.25) is 4.79 Å². The first-order valence-corrected chi connectivity index (χ1v) is 12.4. The maximum Gasteiger partial charge on any atom is 0.220 e. The van der Waals surface area contributed by atoms with Gasteiger partial charge in [0.25, 0.3) is 0 Å². The normalized spacial score (nSPS) is 11.6. The number of methoxy groups -OCH3 is 1. The summed E-state index contributed by atoms with van der Waals surface area (Å²) < 4.78 is 5.08. The van der Waals surface area contributed by atoms with Crippen LogP contribution in [0.25, 0.3) is 10.4 Å². The van der Waals surface area contributed by atoms with Crippen molar-refractivity contribution in [2.45, 2.75) is 70.8 Å². The molecule has 0 atom stereocenters. The summed E-state index contributed by atoms with van der Waals surface area (Å²) in [4.78, 5) is 14.7. The van der Waals surface area contributed by atoms with Gasteiger partial charge in [-0.1, -0.05) is 66.2 Å². The van der Waals surface area contributed by atoms with Gasteiger partial charge in [0.1, 0.15) is 0 Å². The summed E-state index contributed by atoms with van der Waals surface area (Å²) in [5, 5.41) is 16.0. The zero-order chi connectivity index (χ0) is 25.4. The number of benzene rings is 1. The first kappa shape index (κ1) is 29.6. The van der Waals surface area contributed by atoms with E-state index in [-0.39, 0.29) is 11.7 Å². The van der Waals surface area contributed by atoms with Crippen molar-refractivity contribution in [2.75, 3.05) is 13.7 Å². The number of carbonyl (C=O) groups is 1. The van der Waals surface area contributed by atoms with E-state index >= 15 is 0 Å². The zero-order valence-electron chi connectivity index (χ0n) is 20.9. The van der Waals surface area contributed by atoms with Crippen LogP contribution >= 0.6 is 0 Å². The van der Waals surface area contributed by atoms with E-state index in [9.17, 15) is 9.90 Å². The fraction of sp³-hybridized carbons (Fsp3) is 0.464. The van der Waals surface area contributed by atoms with Crippen molar-refractivity contribution in [1.29, 1.82) is 0 Å². The first-order chi connectivity index (χ1) is 17.2. The molecule has 35 heavy (non-hydrogen) atoms. The number of hydrogen-bond donors (Lipinski definition) is 2. The number of nitrogens with one attached hydrogen (secondary N) is 1. The number of phenols is 1. The highest BCUT2D eigenvalue weighted by molar-refractivity contribution is 5.75. The van der Waals surface area contributed by atoms with Crippen LogP contribution in [0.2, 0.25) is 0 Å². The number of amides is 1. The molecule has 190 valence electrons. The lowest BCUT2D eigenvalue weighted by Gasteiger charge is -2.08. The third kappa shape index (κ3) is 16.8. The Bertz CT molecular complexity index is 884. The van der Waals surface area contributed by atoms with Crippen molar-refractivity contribution in [3.8, 4) is 11.5 Å². The summed E-state index contributed by atoms with van der Waals surface area (Å²) in [5.41, 5.74) is 9.08. The molecule has 1 aromatic rings. The summed E-state index contributed by atoms with van der Waals surface area (Å²) in [5.74, 6) is 0.519. The van der Waals surface area contributed by atoms with E-state index in [1.54, 1.807) is 18.2 Å². The lowest BCUT2D eigenvalue weighted by Crippen LogP contribution is -2.22. The van der Waals surface area contributed by atoms with Crippen molar-refractivity contribution < 1.29 is 14.6 Å². The lowest BCUT2D eigenvalue weighted by molar-refractivity contribution is -0.121. The standard InChI is InChI=1S/C28H40N4O3/c1-35-27-23-25(20-21-26(27)33)24-30-28(34)19-17-15-13-11-9-7-5-3-2-4-6-8-10-12-14-16-18-22-31-32-29/h2,4-5,7-8,10-11,13,20-21,23,33H,3,6,9,12,14-19,22,24H2,1H3,(H,30,34). The smallest absolute Gasteiger partial charge is 0.220 e. The molecule has 0 aromatic heterocycles. The molecule has 1 rings (SSSR count). The van der Waals surface area contributed by atoms with Crippen molar-refractivity contribution in [2.24, 2.45) is 5.11 Å². The number of aromatic hydroxyl groups is 1. The Hall–Kier alpha value is -3.44.